The molecule has 3 nitrogen and oxygen atoms in total. The number of rotatable bonds is 2. The van der Waals surface area contributed by atoms with E-state index in [1.165, 1.54) is 95.0 Å². The number of fused-ring (bicyclic) bond motifs is 17. The highest BCUT2D eigenvalue weighted by Gasteiger charge is 2.47. The van der Waals surface area contributed by atoms with Crippen LogP contribution in [0.3, 0.4) is 0 Å². The summed E-state index contributed by atoms with van der Waals surface area (Å²) in [7, 11) is 0. The average Bonchev–Trinajstić information content (AvgIpc) is 3.85. The van der Waals surface area contributed by atoms with Gasteiger partial charge >= 0.3 is 0 Å². The van der Waals surface area contributed by atoms with Crippen molar-refractivity contribution in [2.75, 3.05) is 0 Å². The van der Waals surface area contributed by atoms with Crippen LogP contribution in [0.1, 0.15) is 43.2 Å². The van der Waals surface area contributed by atoms with Crippen LogP contribution in [-0.2, 0) is 5.41 Å². The van der Waals surface area contributed by atoms with Gasteiger partial charge in [0.15, 0.2) is 0 Å². The van der Waals surface area contributed by atoms with Crippen molar-refractivity contribution in [2.45, 2.75) is 37.5 Å². The Hall–Kier alpha value is -5.84. The Balaban J connectivity index is 1.36. The Morgan fingerprint density at radius 2 is 1.27 bits per heavy atom. The Morgan fingerprint density at radius 1 is 0.558 bits per heavy atom. The van der Waals surface area contributed by atoms with Gasteiger partial charge in [0.25, 0.3) is 0 Å². The monoisotopic (exact) mass is 683 g/mol. The van der Waals surface area contributed by atoms with Crippen molar-refractivity contribution in [1.29, 1.82) is 0 Å². The lowest BCUT2D eigenvalue weighted by molar-refractivity contribution is 0.354. The Labute approximate surface area is 304 Å². The van der Waals surface area contributed by atoms with Gasteiger partial charge in [-0.1, -0.05) is 153 Å². The highest BCUT2D eigenvalue weighted by Crippen LogP contribution is 2.61. The third-order valence-electron chi connectivity index (χ3n) is 12.2. The molecule has 0 amide bonds. The van der Waals surface area contributed by atoms with Gasteiger partial charge in [-0.15, -0.1) is 11.3 Å². The Kier molecular flexibility index (Phi) is 5.87. The minimum absolute atomic E-state index is 0.0736. The molecule has 12 rings (SSSR count). The van der Waals surface area contributed by atoms with Gasteiger partial charge in [0.1, 0.15) is 0 Å². The zero-order valence-electron chi connectivity index (χ0n) is 28.6. The van der Waals surface area contributed by atoms with Crippen molar-refractivity contribution in [1.82, 2.24) is 14.5 Å². The molecule has 0 radical (unpaired) electrons. The van der Waals surface area contributed by atoms with Gasteiger partial charge in [-0.25, -0.2) is 9.97 Å². The first-order chi connectivity index (χ1) is 25.8. The number of benzene rings is 7. The quantitative estimate of drug-likeness (QED) is 0.182. The average molecular weight is 684 g/mol. The second-order valence-electron chi connectivity index (χ2n) is 14.7. The summed E-state index contributed by atoms with van der Waals surface area (Å²) >= 11 is 1.80. The molecule has 1 saturated carbocycles. The summed E-state index contributed by atoms with van der Waals surface area (Å²) in [6, 6.07) is 51.4. The molecular weight excluding hydrogens is 651 g/mol. The van der Waals surface area contributed by atoms with Crippen molar-refractivity contribution in [2.24, 2.45) is 0 Å². The first-order valence-corrected chi connectivity index (χ1v) is 19.4. The van der Waals surface area contributed by atoms with Gasteiger partial charge in [-0.05, 0) is 57.3 Å². The molecule has 0 bridgehead atoms. The predicted octanol–water partition coefficient (Wildman–Crippen LogP) is 13.1. The molecule has 3 heterocycles. The normalized spacial score (nSPS) is 15.1. The molecule has 0 atom stereocenters. The van der Waals surface area contributed by atoms with Gasteiger partial charge in [0, 0.05) is 37.2 Å². The van der Waals surface area contributed by atoms with Crippen LogP contribution in [0.2, 0.25) is 0 Å². The van der Waals surface area contributed by atoms with E-state index in [-0.39, 0.29) is 5.41 Å². The lowest BCUT2D eigenvalue weighted by Gasteiger charge is -2.36. The maximum absolute atomic E-state index is 5.67. The van der Waals surface area contributed by atoms with E-state index in [0.29, 0.717) is 0 Å². The maximum Gasteiger partial charge on any atom is 0.235 e. The van der Waals surface area contributed by atoms with Crippen LogP contribution in [0.4, 0.5) is 0 Å². The lowest BCUT2D eigenvalue weighted by Crippen LogP contribution is -2.28. The molecule has 4 heteroatoms. The van der Waals surface area contributed by atoms with Gasteiger partial charge in [-0.2, -0.15) is 0 Å². The smallest absolute Gasteiger partial charge is 0.235 e. The van der Waals surface area contributed by atoms with Crippen LogP contribution in [-0.4, -0.2) is 14.5 Å². The molecule has 1 fully saturated rings. The zero-order chi connectivity index (χ0) is 34.0. The van der Waals surface area contributed by atoms with Crippen molar-refractivity contribution >= 4 is 75.0 Å². The van der Waals surface area contributed by atoms with E-state index < -0.39 is 0 Å². The molecule has 3 aromatic heterocycles. The summed E-state index contributed by atoms with van der Waals surface area (Å²) < 4.78 is 4.87. The fourth-order valence-electron chi connectivity index (χ4n) is 10.1. The first kappa shape index (κ1) is 28.8. The van der Waals surface area contributed by atoms with Crippen molar-refractivity contribution in [3.63, 3.8) is 0 Å². The molecule has 0 unspecified atom stereocenters. The van der Waals surface area contributed by atoms with Crippen LogP contribution in [0.25, 0.3) is 92.0 Å². The van der Waals surface area contributed by atoms with E-state index in [1.54, 1.807) is 11.3 Å². The lowest BCUT2D eigenvalue weighted by atomic mass is 9.67. The molecule has 1 spiro atoms. The van der Waals surface area contributed by atoms with E-state index >= 15 is 0 Å². The third kappa shape index (κ3) is 3.70. The molecule has 0 aliphatic heterocycles. The van der Waals surface area contributed by atoms with Crippen molar-refractivity contribution in [3.05, 3.63) is 151 Å². The molecule has 52 heavy (non-hydrogen) atoms. The van der Waals surface area contributed by atoms with Crippen LogP contribution in [0.15, 0.2) is 140 Å². The Bertz CT molecular complexity index is 3110. The number of nitrogens with zero attached hydrogens (tertiary/aromatic N) is 3. The summed E-state index contributed by atoms with van der Waals surface area (Å²) in [6.07, 6.45) is 6.04. The van der Waals surface area contributed by atoms with E-state index in [1.807, 2.05) is 0 Å². The van der Waals surface area contributed by atoms with Gasteiger partial charge in [0.2, 0.25) is 5.95 Å². The standard InChI is InChI=1S/C48H33N3S/c1-3-16-30(17-4-1)42-46-43(35-22-10-12-24-38(35)52-46)50-47(49-42)51-44-31-18-6-5-15-29(31)25-26-36(44)40-33-20-8-7-19-32(33)39-34-21-9-11-23-37(34)48(41(39)45(40)51)27-13-2-14-28-48/h1,3-12,15-26H,2,13-14,27-28H2. The summed E-state index contributed by atoms with van der Waals surface area (Å²) in [4.78, 5) is 11.3. The van der Waals surface area contributed by atoms with Crippen molar-refractivity contribution in [3.8, 4) is 28.3 Å². The third-order valence-corrected chi connectivity index (χ3v) is 13.3. The van der Waals surface area contributed by atoms with Gasteiger partial charge < -0.3 is 0 Å². The molecule has 0 N–H and O–H groups in total. The van der Waals surface area contributed by atoms with Crippen molar-refractivity contribution < 1.29 is 0 Å². The molecule has 246 valence electrons. The summed E-state index contributed by atoms with van der Waals surface area (Å²) in [5.74, 6) is 0.741. The SMILES string of the molecule is c1ccc(-c2nc(-n3c4c5c(c6ccccc6c4c4ccc6ccccc6c43)-c3ccccc3C53CCCCC3)nc3c2sc2ccccc23)cc1. The molecular formula is C48H33N3S. The summed E-state index contributed by atoms with van der Waals surface area (Å²) in [5, 5.41) is 8.84. The topological polar surface area (TPSA) is 30.7 Å². The Morgan fingerprint density at radius 3 is 2.13 bits per heavy atom. The van der Waals surface area contributed by atoms with E-state index in [9.17, 15) is 0 Å². The minimum atomic E-state index is -0.0736. The predicted molar refractivity (Wildman–Crippen MR) is 219 cm³/mol. The number of hydrogen-bond donors (Lipinski definition) is 0. The van der Waals surface area contributed by atoms with E-state index in [0.717, 1.165) is 40.3 Å². The van der Waals surface area contributed by atoms with E-state index in [2.05, 4.69) is 144 Å². The number of aromatic nitrogens is 3. The van der Waals surface area contributed by atoms with Gasteiger partial charge in [-0.3, -0.25) is 4.57 Å². The molecule has 10 aromatic rings. The van der Waals surface area contributed by atoms with Crippen LogP contribution < -0.4 is 0 Å². The van der Waals surface area contributed by atoms with Crippen LogP contribution in [0, 0.1) is 0 Å². The molecule has 2 aliphatic rings. The highest BCUT2D eigenvalue weighted by molar-refractivity contribution is 7.26. The minimum Gasteiger partial charge on any atom is -0.277 e. The second kappa shape index (κ2) is 10.6. The zero-order valence-corrected chi connectivity index (χ0v) is 29.4. The highest BCUT2D eigenvalue weighted by atomic mass is 32.1. The fraction of sp³-hybridized carbons (Fsp3) is 0.125. The maximum atomic E-state index is 5.67. The second-order valence-corrected chi connectivity index (χ2v) is 15.8. The largest absolute Gasteiger partial charge is 0.277 e. The molecule has 2 aliphatic carbocycles. The first-order valence-electron chi connectivity index (χ1n) is 18.6. The number of hydrogen-bond acceptors (Lipinski definition) is 3. The molecule has 7 aromatic carbocycles. The van der Waals surface area contributed by atoms with Crippen LogP contribution >= 0.6 is 11.3 Å². The fourth-order valence-corrected chi connectivity index (χ4v) is 11.2. The summed E-state index contributed by atoms with van der Waals surface area (Å²) in [6.45, 7) is 0. The summed E-state index contributed by atoms with van der Waals surface area (Å²) in [5.41, 5.74) is 11.3. The van der Waals surface area contributed by atoms with Gasteiger partial charge in [0.05, 0.1) is 26.9 Å². The number of thiophene rings is 1. The van der Waals surface area contributed by atoms with E-state index in [4.69, 9.17) is 9.97 Å². The molecule has 0 saturated heterocycles. The van der Waals surface area contributed by atoms with Crippen LogP contribution in [0.5, 0.6) is 0 Å².